The van der Waals surface area contributed by atoms with Gasteiger partial charge in [-0.3, -0.25) is 14.4 Å². The highest BCUT2D eigenvalue weighted by Crippen LogP contribution is 2.19. The molecular weight excluding hydrogens is 442 g/mol. The molecule has 0 aliphatic rings. The number of para-hydroxylation sites is 1. The summed E-state index contributed by atoms with van der Waals surface area (Å²) >= 11 is 0. The van der Waals surface area contributed by atoms with Crippen LogP contribution >= 0.6 is 0 Å². The predicted octanol–water partition coefficient (Wildman–Crippen LogP) is -0.365. The summed E-state index contributed by atoms with van der Waals surface area (Å²) in [4.78, 5) is 52.0. The van der Waals surface area contributed by atoms with Gasteiger partial charge in [0.15, 0.2) is 0 Å². The number of carboxylic acids is 1. The Balaban J connectivity index is 1.97. The molecule has 11 heteroatoms. The zero-order chi connectivity index (χ0) is 25.4. The molecule has 2 rings (SSSR count). The van der Waals surface area contributed by atoms with Crippen LogP contribution in [0.1, 0.15) is 32.8 Å². The second-order valence-corrected chi connectivity index (χ2v) is 8.67. The van der Waals surface area contributed by atoms with Crippen LogP contribution in [0.5, 0.6) is 0 Å². The van der Waals surface area contributed by atoms with Gasteiger partial charge in [-0.2, -0.15) is 0 Å². The number of aliphatic hydroxyl groups excluding tert-OH is 1. The second-order valence-electron chi connectivity index (χ2n) is 8.67. The number of fused-ring (bicyclic) bond motifs is 1. The number of amides is 3. The van der Waals surface area contributed by atoms with E-state index >= 15 is 0 Å². The van der Waals surface area contributed by atoms with Gasteiger partial charge in [0, 0.05) is 23.5 Å². The molecule has 3 amide bonds. The molecule has 0 spiro atoms. The van der Waals surface area contributed by atoms with Crippen LogP contribution in [-0.4, -0.2) is 69.7 Å². The van der Waals surface area contributed by atoms with Crippen LogP contribution in [0.25, 0.3) is 10.9 Å². The molecule has 34 heavy (non-hydrogen) atoms. The fourth-order valence-corrected chi connectivity index (χ4v) is 3.48. The van der Waals surface area contributed by atoms with Gasteiger partial charge in [-0.25, -0.2) is 4.79 Å². The van der Waals surface area contributed by atoms with E-state index in [0.717, 1.165) is 16.5 Å². The van der Waals surface area contributed by atoms with Crippen molar-refractivity contribution in [2.75, 3.05) is 6.61 Å². The van der Waals surface area contributed by atoms with Crippen molar-refractivity contribution in [3.8, 4) is 0 Å². The first-order valence-electron chi connectivity index (χ1n) is 11.1. The molecule has 0 fully saturated rings. The molecule has 1 aromatic heterocycles. The Bertz CT molecular complexity index is 1020. The number of rotatable bonds is 12. The number of carbonyl (C=O) groups excluding carboxylic acids is 3. The van der Waals surface area contributed by atoms with Crippen molar-refractivity contribution in [2.45, 2.75) is 57.8 Å². The Hall–Kier alpha value is -3.44. The summed E-state index contributed by atoms with van der Waals surface area (Å²) in [7, 11) is 0. The van der Waals surface area contributed by atoms with E-state index in [-0.39, 0.29) is 12.3 Å². The summed E-state index contributed by atoms with van der Waals surface area (Å²) in [5.41, 5.74) is 7.37. The summed E-state index contributed by atoms with van der Waals surface area (Å²) in [6.45, 7) is 4.47. The second kappa shape index (κ2) is 12.1. The molecule has 4 atom stereocenters. The molecule has 0 saturated carbocycles. The third kappa shape index (κ3) is 7.29. The van der Waals surface area contributed by atoms with Gasteiger partial charge >= 0.3 is 5.97 Å². The first-order chi connectivity index (χ1) is 16.0. The van der Waals surface area contributed by atoms with Gasteiger partial charge in [-0.05, 0) is 30.9 Å². The lowest BCUT2D eigenvalue weighted by molar-refractivity contribution is -0.142. The van der Waals surface area contributed by atoms with Gasteiger partial charge in [0.2, 0.25) is 17.7 Å². The Morgan fingerprint density at radius 1 is 0.971 bits per heavy atom. The van der Waals surface area contributed by atoms with Crippen molar-refractivity contribution >= 4 is 34.6 Å². The zero-order valence-electron chi connectivity index (χ0n) is 19.5. The van der Waals surface area contributed by atoms with Crippen LogP contribution in [0.15, 0.2) is 30.5 Å². The van der Waals surface area contributed by atoms with E-state index in [9.17, 15) is 29.4 Å². The third-order valence-corrected chi connectivity index (χ3v) is 5.34. The van der Waals surface area contributed by atoms with Crippen LogP contribution in [0.3, 0.4) is 0 Å². The van der Waals surface area contributed by atoms with Crippen LogP contribution in [-0.2, 0) is 25.6 Å². The standard InChI is InChI=1S/C23H33N5O6/c1-12(2)8-16(24)21(31)28-19(11-29)22(32)26-13(3)20(30)27-18(23(33)34)9-14-10-25-17-7-5-4-6-15(14)17/h4-7,10,12-13,16,18-19,25,29H,8-9,11,24H2,1-3H3,(H,26,32)(H,27,30)(H,28,31)(H,33,34). The van der Waals surface area contributed by atoms with Gasteiger partial charge in [0.25, 0.3) is 0 Å². The van der Waals surface area contributed by atoms with Crippen molar-refractivity contribution in [2.24, 2.45) is 11.7 Å². The molecule has 11 nitrogen and oxygen atoms in total. The van der Waals surface area contributed by atoms with Gasteiger partial charge in [-0.1, -0.05) is 32.0 Å². The van der Waals surface area contributed by atoms with Crippen molar-refractivity contribution < 1.29 is 29.4 Å². The highest BCUT2D eigenvalue weighted by atomic mass is 16.4. The number of aromatic nitrogens is 1. The molecule has 0 saturated heterocycles. The molecule has 1 heterocycles. The zero-order valence-corrected chi connectivity index (χ0v) is 19.5. The number of carbonyl (C=O) groups is 4. The summed E-state index contributed by atoms with van der Waals surface area (Å²) < 4.78 is 0. The monoisotopic (exact) mass is 475 g/mol. The van der Waals surface area contributed by atoms with E-state index in [2.05, 4.69) is 20.9 Å². The maximum atomic E-state index is 12.6. The number of nitrogens with one attached hydrogen (secondary N) is 4. The Morgan fingerprint density at radius 2 is 1.62 bits per heavy atom. The average Bonchev–Trinajstić information content (AvgIpc) is 3.18. The van der Waals surface area contributed by atoms with E-state index in [1.54, 1.807) is 6.20 Å². The van der Waals surface area contributed by atoms with E-state index in [1.165, 1.54) is 6.92 Å². The first kappa shape index (κ1) is 26.8. The lowest BCUT2D eigenvalue weighted by Crippen LogP contribution is -2.57. The van der Waals surface area contributed by atoms with E-state index in [4.69, 9.17) is 5.73 Å². The van der Waals surface area contributed by atoms with E-state index < -0.39 is 54.5 Å². The Labute approximate surface area is 197 Å². The summed E-state index contributed by atoms with van der Waals surface area (Å²) in [6, 6.07) is 2.89. The summed E-state index contributed by atoms with van der Waals surface area (Å²) in [6.07, 6.45) is 2.13. The lowest BCUT2D eigenvalue weighted by atomic mass is 10.0. The molecular formula is C23H33N5O6. The van der Waals surface area contributed by atoms with Crippen LogP contribution in [0.2, 0.25) is 0 Å². The number of aliphatic carboxylic acids is 1. The number of aliphatic hydroxyl groups is 1. The minimum atomic E-state index is -1.30. The van der Waals surface area contributed by atoms with Gasteiger partial charge in [0.05, 0.1) is 12.6 Å². The van der Waals surface area contributed by atoms with Crippen molar-refractivity contribution in [1.82, 2.24) is 20.9 Å². The van der Waals surface area contributed by atoms with Crippen molar-refractivity contribution in [3.63, 3.8) is 0 Å². The molecule has 0 aliphatic heterocycles. The quantitative estimate of drug-likeness (QED) is 0.218. The molecule has 1 aromatic carbocycles. The maximum absolute atomic E-state index is 12.6. The fourth-order valence-electron chi connectivity index (χ4n) is 3.48. The van der Waals surface area contributed by atoms with Gasteiger partial charge in [0.1, 0.15) is 18.1 Å². The highest BCUT2D eigenvalue weighted by molar-refractivity contribution is 5.94. The Kier molecular flexibility index (Phi) is 9.58. The minimum Gasteiger partial charge on any atom is -0.480 e. The molecule has 186 valence electrons. The van der Waals surface area contributed by atoms with Crippen LogP contribution < -0.4 is 21.7 Å². The molecule has 2 aromatic rings. The molecule has 0 bridgehead atoms. The number of nitrogens with two attached hydrogens (primary N) is 1. The predicted molar refractivity (Wildman–Crippen MR) is 126 cm³/mol. The number of hydrogen-bond donors (Lipinski definition) is 7. The highest BCUT2D eigenvalue weighted by Gasteiger charge is 2.28. The normalized spacial score (nSPS) is 14.8. The smallest absolute Gasteiger partial charge is 0.326 e. The third-order valence-electron chi connectivity index (χ3n) is 5.34. The number of H-pyrrole nitrogens is 1. The Morgan fingerprint density at radius 3 is 2.24 bits per heavy atom. The SMILES string of the molecule is CC(C)CC(N)C(=O)NC(CO)C(=O)NC(C)C(=O)NC(Cc1c[nH]c2ccccc12)C(=O)O. The molecule has 4 unspecified atom stereocenters. The number of hydrogen-bond acceptors (Lipinski definition) is 6. The van der Waals surface area contributed by atoms with Gasteiger partial charge in [-0.15, -0.1) is 0 Å². The average molecular weight is 476 g/mol. The summed E-state index contributed by atoms with van der Waals surface area (Å²) in [5, 5.41) is 27.1. The van der Waals surface area contributed by atoms with Crippen molar-refractivity contribution in [3.05, 3.63) is 36.0 Å². The van der Waals surface area contributed by atoms with Crippen LogP contribution in [0.4, 0.5) is 0 Å². The number of benzene rings is 1. The lowest BCUT2D eigenvalue weighted by Gasteiger charge is -2.22. The van der Waals surface area contributed by atoms with Gasteiger partial charge < -0.3 is 36.9 Å². The first-order valence-corrected chi connectivity index (χ1v) is 11.1. The molecule has 0 aliphatic carbocycles. The largest absolute Gasteiger partial charge is 0.480 e. The number of carboxylic acid groups (broad SMARTS) is 1. The number of aromatic amines is 1. The maximum Gasteiger partial charge on any atom is 0.326 e. The van der Waals surface area contributed by atoms with Crippen molar-refractivity contribution in [1.29, 1.82) is 0 Å². The van der Waals surface area contributed by atoms with E-state index in [0.29, 0.717) is 6.42 Å². The minimum absolute atomic E-state index is 0.0365. The topological polar surface area (TPSA) is 187 Å². The fraction of sp³-hybridized carbons (Fsp3) is 0.478. The summed E-state index contributed by atoms with van der Waals surface area (Å²) in [5.74, 6) is -3.17. The van der Waals surface area contributed by atoms with E-state index in [1.807, 2.05) is 38.1 Å². The molecule has 0 radical (unpaired) electrons. The molecule has 8 N–H and O–H groups in total. The van der Waals surface area contributed by atoms with Crippen LogP contribution in [0, 0.1) is 5.92 Å².